The van der Waals surface area contributed by atoms with Crippen LogP contribution in [0.25, 0.3) is 0 Å². The van der Waals surface area contributed by atoms with Gasteiger partial charge in [-0.2, -0.15) is 0 Å². The monoisotopic (exact) mass is 358 g/mol. The van der Waals surface area contributed by atoms with E-state index in [0.29, 0.717) is 10.9 Å². The third-order valence-corrected chi connectivity index (χ3v) is 8.75. The first kappa shape index (κ1) is 17.2. The highest BCUT2D eigenvalue weighted by atomic mass is 79.9. The zero-order chi connectivity index (χ0) is 15.6. The van der Waals surface area contributed by atoms with Crippen LogP contribution >= 0.6 is 15.9 Å². The van der Waals surface area contributed by atoms with E-state index in [9.17, 15) is 4.79 Å². The Morgan fingerprint density at radius 3 is 2.35 bits per heavy atom. The molecule has 1 aromatic carbocycles. The third-order valence-electron chi connectivity index (χ3n) is 3.84. The Morgan fingerprint density at radius 1 is 1.30 bits per heavy atom. The predicted octanol–water partition coefficient (Wildman–Crippen LogP) is 4.75. The summed E-state index contributed by atoms with van der Waals surface area (Å²) in [7, 11) is -0.544. The number of benzene rings is 1. The van der Waals surface area contributed by atoms with Gasteiger partial charge in [0.05, 0.1) is 18.4 Å². The van der Waals surface area contributed by atoms with Crippen LogP contribution in [0, 0.1) is 0 Å². The Kier molecular flexibility index (Phi) is 5.44. The Morgan fingerprint density at radius 2 is 1.90 bits per heavy atom. The fourth-order valence-corrected chi connectivity index (χ4v) is 3.15. The van der Waals surface area contributed by atoms with Crippen molar-refractivity contribution >= 4 is 30.2 Å². The molecule has 0 spiro atoms. The number of halogens is 1. The summed E-state index contributed by atoms with van der Waals surface area (Å²) < 4.78 is 11.2. The summed E-state index contributed by atoms with van der Waals surface area (Å²) in [6, 6.07) is 5.52. The average Bonchev–Trinajstić information content (AvgIpc) is 2.35. The number of hydrogen-bond acceptors (Lipinski definition) is 3. The lowest BCUT2D eigenvalue weighted by molar-refractivity contribution is 0.0599. The highest BCUT2D eigenvalue weighted by molar-refractivity contribution is 9.08. The van der Waals surface area contributed by atoms with Crippen LogP contribution in [-0.2, 0) is 10.1 Å². The van der Waals surface area contributed by atoms with Crippen molar-refractivity contribution in [2.75, 3.05) is 7.11 Å². The van der Waals surface area contributed by atoms with E-state index in [1.165, 1.54) is 7.11 Å². The van der Waals surface area contributed by atoms with Gasteiger partial charge in [0.15, 0.2) is 0 Å². The fourth-order valence-electron chi connectivity index (χ4n) is 1.53. The summed E-state index contributed by atoms with van der Waals surface area (Å²) in [6.07, 6.45) is 0. The molecule has 0 bridgehead atoms. The lowest BCUT2D eigenvalue weighted by Gasteiger charge is -2.49. The van der Waals surface area contributed by atoms with Crippen molar-refractivity contribution in [3.63, 3.8) is 0 Å². The summed E-state index contributed by atoms with van der Waals surface area (Å²) in [5, 5.41) is 0.667. The first-order valence-corrected chi connectivity index (χ1v) is 10.6. The maximum Gasteiger partial charge on any atom is 0.338 e. The van der Waals surface area contributed by atoms with Crippen LogP contribution in [0.3, 0.4) is 0 Å². The first-order chi connectivity index (χ1) is 9.14. The SMILES string of the molecule is COC(=O)c1cccc(O[Si-](C)(C)C(C)(C)C)c1CBr. The van der Waals surface area contributed by atoms with Gasteiger partial charge in [0, 0.05) is 19.2 Å². The summed E-state index contributed by atoms with van der Waals surface area (Å²) in [5.41, 5.74) is 1.41. The first-order valence-electron chi connectivity index (χ1n) is 6.59. The molecule has 0 atom stereocenters. The van der Waals surface area contributed by atoms with Crippen molar-refractivity contribution in [2.45, 2.75) is 44.2 Å². The standard InChI is InChI=1S/C15H23BrO3Si/c1-15(2,3)20(5,6)19-13-9-7-8-11(12(13)10-16)14(17)18-4/h7-9H,10H2,1-6H3/q-1. The van der Waals surface area contributed by atoms with Gasteiger partial charge in [-0.1, -0.05) is 42.8 Å². The van der Waals surface area contributed by atoms with Gasteiger partial charge in [-0.15, -0.1) is 18.1 Å². The van der Waals surface area contributed by atoms with Crippen molar-refractivity contribution in [1.29, 1.82) is 0 Å². The van der Waals surface area contributed by atoms with Gasteiger partial charge >= 0.3 is 5.97 Å². The van der Waals surface area contributed by atoms with Gasteiger partial charge in [0.25, 0.3) is 0 Å². The van der Waals surface area contributed by atoms with Crippen LogP contribution in [0.1, 0.15) is 36.7 Å². The summed E-state index contributed by atoms with van der Waals surface area (Å²) >= 11 is 3.44. The molecule has 0 heterocycles. The number of esters is 1. The second-order valence-corrected chi connectivity index (χ2v) is 11.6. The van der Waals surface area contributed by atoms with E-state index in [1.54, 1.807) is 6.07 Å². The molecule has 0 unspecified atom stereocenters. The Bertz CT molecular complexity index is 492. The molecule has 0 aliphatic rings. The number of ether oxygens (including phenoxy) is 1. The quantitative estimate of drug-likeness (QED) is 0.442. The normalized spacial score (nSPS) is 12.2. The minimum atomic E-state index is -1.93. The second kappa shape index (κ2) is 6.31. The van der Waals surface area contributed by atoms with E-state index >= 15 is 0 Å². The van der Waals surface area contributed by atoms with E-state index < -0.39 is 8.32 Å². The van der Waals surface area contributed by atoms with Gasteiger partial charge in [0.1, 0.15) is 0 Å². The van der Waals surface area contributed by atoms with Crippen LogP contribution in [0.15, 0.2) is 18.2 Å². The van der Waals surface area contributed by atoms with Crippen LogP contribution < -0.4 is 4.43 Å². The molecule has 0 fully saturated rings. The molecule has 1 rings (SSSR count). The molecule has 0 aliphatic heterocycles. The van der Waals surface area contributed by atoms with Gasteiger partial charge in [-0.25, -0.2) is 4.79 Å². The van der Waals surface area contributed by atoms with E-state index in [0.717, 1.165) is 11.3 Å². The number of hydrogen-bond donors (Lipinski definition) is 0. The van der Waals surface area contributed by atoms with Crippen molar-refractivity contribution in [2.24, 2.45) is 0 Å². The zero-order valence-corrected chi connectivity index (χ0v) is 15.6. The van der Waals surface area contributed by atoms with Gasteiger partial charge in [-0.05, 0) is 12.1 Å². The molecule has 0 aliphatic carbocycles. The molecular weight excluding hydrogens is 336 g/mol. The summed E-state index contributed by atoms with van der Waals surface area (Å²) in [6.45, 7) is 11.0. The topological polar surface area (TPSA) is 35.5 Å². The molecule has 5 heteroatoms. The largest absolute Gasteiger partial charge is 0.689 e. The van der Waals surface area contributed by atoms with Gasteiger partial charge in [0.2, 0.25) is 0 Å². The lowest BCUT2D eigenvalue weighted by Crippen LogP contribution is -2.44. The van der Waals surface area contributed by atoms with Crippen LogP contribution in [0.2, 0.25) is 18.1 Å². The van der Waals surface area contributed by atoms with Gasteiger partial charge < -0.3 is 9.16 Å². The number of carbonyl (C=O) groups excluding carboxylic acids is 1. The van der Waals surface area contributed by atoms with Crippen molar-refractivity contribution in [3.8, 4) is 5.75 Å². The van der Waals surface area contributed by atoms with E-state index in [2.05, 4.69) is 49.8 Å². The fraction of sp³-hybridized carbons (Fsp3) is 0.533. The molecular formula is C15H23BrO3Si-. The number of methoxy groups -OCH3 is 1. The minimum Gasteiger partial charge on any atom is -0.689 e. The summed E-state index contributed by atoms with van der Waals surface area (Å²) in [4.78, 5) is 11.8. The zero-order valence-electron chi connectivity index (χ0n) is 13.0. The molecule has 20 heavy (non-hydrogen) atoms. The van der Waals surface area contributed by atoms with E-state index in [-0.39, 0.29) is 11.0 Å². The molecule has 0 radical (unpaired) electrons. The molecule has 0 aromatic heterocycles. The lowest BCUT2D eigenvalue weighted by atomic mass is 10.1. The predicted molar refractivity (Wildman–Crippen MR) is 88.2 cm³/mol. The minimum absolute atomic E-state index is 0.109. The Labute approximate surface area is 130 Å². The maximum absolute atomic E-state index is 11.8. The highest BCUT2D eigenvalue weighted by Crippen LogP contribution is 2.39. The molecule has 0 amide bonds. The molecule has 0 N–H and O–H groups in total. The van der Waals surface area contributed by atoms with Crippen molar-refractivity contribution < 1.29 is 14.0 Å². The Balaban J connectivity index is 3.23. The Hall–Kier alpha value is -0.813. The average molecular weight is 359 g/mol. The molecule has 3 nitrogen and oxygen atoms in total. The molecule has 1 aromatic rings. The molecule has 0 saturated heterocycles. The highest BCUT2D eigenvalue weighted by Gasteiger charge is 2.27. The second-order valence-electron chi connectivity index (χ2n) is 6.27. The summed E-state index contributed by atoms with van der Waals surface area (Å²) in [5.74, 6) is 0.441. The number of carbonyl (C=O) groups is 1. The smallest absolute Gasteiger partial charge is 0.338 e. The number of rotatable bonds is 4. The van der Waals surface area contributed by atoms with E-state index in [1.807, 2.05) is 12.1 Å². The van der Waals surface area contributed by atoms with Gasteiger partial charge in [-0.3, -0.25) is 0 Å². The molecule has 0 saturated carbocycles. The van der Waals surface area contributed by atoms with Crippen LogP contribution in [0.5, 0.6) is 5.75 Å². The van der Waals surface area contributed by atoms with Crippen molar-refractivity contribution in [1.82, 2.24) is 0 Å². The maximum atomic E-state index is 11.8. The van der Waals surface area contributed by atoms with Crippen molar-refractivity contribution in [3.05, 3.63) is 29.3 Å². The number of alkyl halides is 1. The third kappa shape index (κ3) is 3.64. The van der Waals surface area contributed by atoms with Crippen LogP contribution in [0.4, 0.5) is 0 Å². The van der Waals surface area contributed by atoms with E-state index in [4.69, 9.17) is 9.16 Å². The molecule has 113 valence electrons. The van der Waals surface area contributed by atoms with Crippen LogP contribution in [-0.4, -0.2) is 21.4 Å².